The summed E-state index contributed by atoms with van der Waals surface area (Å²) in [6, 6.07) is 5.28. The Morgan fingerprint density at radius 1 is 1.44 bits per heavy atom. The zero-order valence-corrected chi connectivity index (χ0v) is 9.40. The minimum absolute atomic E-state index is 0.162. The van der Waals surface area contributed by atoms with Gasteiger partial charge >= 0.3 is 0 Å². The van der Waals surface area contributed by atoms with Crippen molar-refractivity contribution in [1.82, 2.24) is 0 Å². The number of nitro benzene ring substituents is 1. The van der Waals surface area contributed by atoms with Crippen LogP contribution in [0.5, 0.6) is 0 Å². The summed E-state index contributed by atoms with van der Waals surface area (Å²) < 4.78 is 0. The van der Waals surface area contributed by atoms with Crippen LogP contribution in [0.3, 0.4) is 0 Å². The maximum absolute atomic E-state index is 10.9. The van der Waals surface area contributed by atoms with E-state index in [1.54, 1.807) is 19.1 Å². The van der Waals surface area contributed by atoms with Gasteiger partial charge in [-0.2, -0.15) is 0 Å². The van der Waals surface area contributed by atoms with Gasteiger partial charge in [0, 0.05) is 12.1 Å². The van der Waals surface area contributed by atoms with E-state index in [0.717, 1.165) is 12.8 Å². The molecule has 88 valence electrons. The van der Waals surface area contributed by atoms with Crippen molar-refractivity contribution in [3.8, 4) is 0 Å². The van der Waals surface area contributed by atoms with Gasteiger partial charge in [-0.1, -0.05) is 12.1 Å². The first kappa shape index (κ1) is 12.4. The summed E-state index contributed by atoms with van der Waals surface area (Å²) in [5.41, 5.74) is 6.80. The van der Waals surface area contributed by atoms with Crippen LogP contribution in [0.1, 0.15) is 18.4 Å². The molecule has 1 aromatic carbocycles. The molecule has 0 aromatic heterocycles. The largest absolute Gasteiger partial charge is 0.379 e. The van der Waals surface area contributed by atoms with Gasteiger partial charge in [0.1, 0.15) is 5.69 Å². The van der Waals surface area contributed by atoms with Crippen molar-refractivity contribution in [1.29, 1.82) is 0 Å². The molecule has 0 saturated carbocycles. The van der Waals surface area contributed by atoms with Crippen molar-refractivity contribution < 1.29 is 4.92 Å². The number of para-hydroxylation sites is 1. The number of hydrogen-bond acceptors (Lipinski definition) is 4. The highest BCUT2D eigenvalue weighted by Gasteiger charge is 2.15. The predicted molar refractivity (Wildman–Crippen MR) is 64.6 cm³/mol. The van der Waals surface area contributed by atoms with Gasteiger partial charge in [-0.3, -0.25) is 10.1 Å². The minimum atomic E-state index is -0.347. The Bertz CT molecular complexity index is 366. The fraction of sp³-hybridized carbons (Fsp3) is 0.455. The number of benzene rings is 1. The normalized spacial score (nSPS) is 10.1. The van der Waals surface area contributed by atoms with Crippen LogP contribution in [-0.4, -0.2) is 18.0 Å². The monoisotopic (exact) mass is 223 g/mol. The second-order valence-electron chi connectivity index (χ2n) is 3.65. The summed E-state index contributed by atoms with van der Waals surface area (Å²) >= 11 is 0. The zero-order chi connectivity index (χ0) is 12.0. The first-order chi connectivity index (χ1) is 7.66. The van der Waals surface area contributed by atoms with Gasteiger partial charge in [0.25, 0.3) is 5.69 Å². The molecule has 1 rings (SSSR count). The molecule has 0 atom stereocenters. The first-order valence-corrected chi connectivity index (χ1v) is 5.34. The molecular weight excluding hydrogens is 206 g/mol. The maximum atomic E-state index is 10.9. The Kier molecular flexibility index (Phi) is 4.72. The van der Waals surface area contributed by atoms with Gasteiger partial charge in [-0.25, -0.2) is 0 Å². The maximum Gasteiger partial charge on any atom is 0.295 e. The number of unbranched alkanes of at least 4 members (excludes halogenated alkanes) is 1. The lowest BCUT2D eigenvalue weighted by Gasteiger charge is -2.07. The van der Waals surface area contributed by atoms with Gasteiger partial charge < -0.3 is 11.1 Å². The van der Waals surface area contributed by atoms with Crippen molar-refractivity contribution in [3.63, 3.8) is 0 Å². The van der Waals surface area contributed by atoms with Crippen molar-refractivity contribution >= 4 is 11.4 Å². The molecule has 16 heavy (non-hydrogen) atoms. The summed E-state index contributed by atoms with van der Waals surface area (Å²) in [6.45, 7) is 3.10. The Morgan fingerprint density at radius 3 is 2.81 bits per heavy atom. The minimum Gasteiger partial charge on any atom is -0.379 e. The second kappa shape index (κ2) is 6.07. The van der Waals surface area contributed by atoms with E-state index in [-0.39, 0.29) is 10.6 Å². The lowest BCUT2D eigenvalue weighted by atomic mass is 10.1. The van der Waals surface area contributed by atoms with Gasteiger partial charge in [-0.05, 0) is 32.4 Å². The molecule has 0 radical (unpaired) electrons. The third kappa shape index (κ3) is 3.20. The summed E-state index contributed by atoms with van der Waals surface area (Å²) in [4.78, 5) is 10.5. The lowest BCUT2D eigenvalue weighted by Crippen LogP contribution is -2.07. The van der Waals surface area contributed by atoms with Crippen LogP contribution in [0, 0.1) is 17.0 Å². The highest BCUT2D eigenvalue weighted by molar-refractivity contribution is 5.64. The molecule has 0 spiro atoms. The van der Waals surface area contributed by atoms with E-state index in [0.29, 0.717) is 24.3 Å². The van der Waals surface area contributed by atoms with Crippen molar-refractivity contribution in [3.05, 3.63) is 33.9 Å². The van der Waals surface area contributed by atoms with E-state index < -0.39 is 0 Å². The van der Waals surface area contributed by atoms with E-state index in [2.05, 4.69) is 5.32 Å². The number of aryl methyl sites for hydroxylation is 1. The summed E-state index contributed by atoms with van der Waals surface area (Å²) in [5.74, 6) is 0. The predicted octanol–water partition coefficient (Wildman–Crippen LogP) is 2.05. The number of nitrogens with zero attached hydrogens (tertiary/aromatic N) is 1. The SMILES string of the molecule is Cc1cccc(NCCCCN)c1[N+](=O)[O-]. The molecule has 0 bridgehead atoms. The van der Waals surface area contributed by atoms with Crippen molar-refractivity contribution in [2.75, 3.05) is 18.4 Å². The molecule has 0 aliphatic heterocycles. The van der Waals surface area contributed by atoms with E-state index in [1.165, 1.54) is 0 Å². The third-order valence-corrected chi connectivity index (χ3v) is 2.37. The zero-order valence-electron chi connectivity index (χ0n) is 9.40. The highest BCUT2D eigenvalue weighted by Crippen LogP contribution is 2.27. The van der Waals surface area contributed by atoms with Crippen LogP contribution in [-0.2, 0) is 0 Å². The van der Waals surface area contributed by atoms with E-state index in [4.69, 9.17) is 5.73 Å². The number of anilines is 1. The number of hydrogen-bond donors (Lipinski definition) is 2. The molecule has 0 heterocycles. The number of nitro groups is 1. The van der Waals surface area contributed by atoms with Crippen LogP contribution in [0.25, 0.3) is 0 Å². The molecular formula is C11H17N3O2. The fourth-order valence-corrected chi connectivity index (χ4v) is 1.54. The Balaban J connectivity index is 2.71. The molecule has 5 nitrogen and oxygen atoms in total. The van der Waals surface area contributed by atoms with E-state index >= 15 is 0 Å². The molecule has 0 fully saturated rings. The molecule has 0 amide bonds. The van der Waals surface area contributed by atoms with Gasteiger partial charge in [-0.15, -0.1) is 0 Å². The van der Waals surface area contributed by atoms with Crippen LogP contribution in [0.2, 0.25) is 0 Å². The van der Waals surface area contributed by atoms with Gasteiger partial charge in [0.2, 0.25) is 0 Å². The van der Waals surface area contributed by atoms with Crippen molar-refractivity contribution in [2.45, 2.75) is 19.8 Å². The molecule has 1 aromatic rings. The van der Waals surface area contributed by atoms with E-state index in [9.17, 15) is 10.1 Å². The standard InChI is InChI=1S/C11H17N3O2/c1-9-5-4-6-10(11(9)14(15)16)13-8-3-2-7-12/h4-6,13H,2-3,7-8,12H2,1H3. The Morgan fingerprint density at radius 2 is 2.19 bits per heavy atom. The number of nitrogens with one attached hydrogen (secondary N) is 1. The highest BCUT2D eigenvalue weighted by atomic mass is 16.6. The average Bonchev–Trinajstić information content (AvgIpc) is 2.24. The third-order valence-electron chi connectivity index (χ3n) is 2.37. The summed E-state index contributed by atoms with van der Waals surface area (Å²) in [6.07, 6.45) is 1.84. The molecule has 0 aliphatic carbocycles. The van der Waals surface area contributed by atoms with Gasteiger partial charge in [0.15, 0.2) is 0 Å². The van der Waals surface area contributed by atoms with Crippen LogP contribution < -0.4 is 11.1 Å². The fourth-order valence-electron chi connectivity index (χ4n) is 1.54. The topological polar surface area (TPSA) is 81.2 Å². The lowest BCUT2D eigenvalue weighted by molar-refractivity contribution is -0.384. The number of nitrogens with two attached hydrogens (primary N) is 1. The second-order valence-corrected chi connectivity index (χ2v) is 3.65. The molecule has 5 heteroatoms. The van der Waals surface area contributed by atoms with Crippen LogP contribution in [0.4, 0.5) is 11.4 Å². The molecule has 0 aliphatic rings. The quantitative estimate of drug-likeness (QED) is 0.439. The Hall–Kier alpha value is -1.62. The summed E-state index contributed by atoms with van der Waals surface area (Å²) in [7, 11) is 0. The molecule has 0 unspecified atom stereocenters. The smallest absolute Gasteiger partial charge is 0.295 e. The summed E-state index contributed by atoms with van der Waals surface area (Å²) in [5, 5.41) is 14.0. The molecule has 0 saturated heterocycles. The Labute approximate surface area is 94.8 Å². The van der Waals surface area contributed by atoms with Crippen molar-refractivity contribution in [2.24, 2.45) is 5.73 Å². The van der Waals surface area contributed by atoms with Crippen LogP contribution >= 0.6 is 0 Å². The average molecular weight is 223 g/mol. The van der Waals surface area contributed by atoms with Crippen LogP contribution in [0.15, 0.2) is 18.2 Å². The molecule has 3 N–H and O–H groups in total. The van der Waals surface area contributed by atoms with E-state index in [1.807, 2.05) is 6.07 Å². The van der Waals surface area contributed by atoms with Gasteiger partial charge in [0.05, 0.1) is 4.92 Å². The number of rotatable bonds is 6. The first-order valence-electron chi connectivity index (χ1n) is 5.34.